The summed E-state index contributed by atoms with van der Waals surface area (Å²) in [6, 6.07) is 26.3. The summed E-state index contributed by atoms with van der Waals surface area (Å²) in [5, 5.41) is 10.6. The Labute approximate surface area is 208 Å². The Hall–Kier alpha value is -2.44. The van der Waals surface area contributed by atoms with Crippen molar-refractivity contribution in [1.82, 2.24) is 4.90 Å². The van der Waals surface area contributed by atoms with Gasteiger partial charge in [0.15, 0.2) is 0 Å². The highest BCUT2D eigenvalue weighted by Crippen LogP contribution is 2.30. The van der Waals surface area contributed by atoms with Crippen LogP contribution in [0.25, 0.3) is 11.1 Å². The van der Waals surface area contributed by atoms with Gasteiger partial charge in [-0.1, -0.05) is 60.7 Å². The van der Waals surface area contributed by atoms with Gasteiger partial charge >= 0.3 is 0 Å². The van der Waals surface area contributed by atoms with Crippen LogP contribution in [0.1, 0.15) is 0 Å². The van der Waals surface area contributed by atoms with Crippen LogP contribution >= 0.6 is 24.8 Å². The van der Waals surface area contributed by atoms with Gasteiger partial charge in [-0.2, -0.15) is 0 Å². The topological polar surface area (TPSA) is 45.2 Å². The second-order valence-electron chi connectivity index (χ2n) is 7.79. The Bertz CT molecular complexity index is 967. The van der Waals surface area contributed by atoms with Crippen LogP contribution in [0.3, 0.4) is 0 Å². The van der Waals surface area contributed by atoms with Crippen LogP contribution < -0.4 is 14.4 Å². The number of aliphatic hydroxyl groups is 1. The summed E-state index contributed by atoms with van der Waals surface area (Å²) in [4.78, 5) is 4.64. The number of hydrogen-bond acceptors (Lipinski definition) is 5. The molecule has 0 aromatic heterocycles. The number of para-hydroxylation sites is 3. The maximum Gasteiger partial charge on any atom is 0.142 e. The lowest BCUT2D eigenvalue weighted by atomic mass is 10.1. The van der Waals surface area contributed by atoms with E-state index in [1.165, 1.54) is 0 Å². The van der Waals surface area contributed by atoms with Gasteiger partial charge in [0, 0.05) is 38.3 Å². The van der Waals surface area contributed by atoms with Gasteiger partial charge in [0.05, 0.1) is 12.8 Å². The molecule has 3 aromatic rings. The molecular weight excluding hydrogens is 459 g/mol. The zero-order valence-electron chi connectivity index (χ0n) is 18.8. The Kier molecular flexibility index (Phi) is 10.8. The Balaban J connectivity index is 0.00000193. The summed E-state index contributed by atoms with van der Waals surface area (Å²) in [7, 11) is 1.71. The van der Waals surface area contributed by atoms with E-state index >= 15 is 0 Å². The van der Waals surface area contributed by atoms with Crippen LogP contribution in [0.5, 0.6) is 11.5 Å². The van der Waals surface area contributed by atoms with Crippen molar-refractivity contribution in [3.8, 4) is 22.6 Å². The number of ether oxygens (including phenoxy) is 2. The van der Waals surface area contributed by atoms with Crippen molar-refractivity contribution in [3.63, 3.8) is 0 Å². The van der Waals surface area contributed by atoms with Gasteiger partial charge in [0.25, 0.3) is 0 Å². The first-order valence-corrected chi connectivity index (χ1v) is 10.8. The minimum absolute atomic E-state index is 0. The summed E-state index contributed by atoms with van der Waals surface area (Å²) in [6.07, 6.45) is -0.540. The summed E-state index contributed by atoms with van der Waals surface area (Å²) in [5.74, 6) is 1.70. The highest BCUT2D eigenvalue weighted by atomic mass is 35.5. The molecule has 0 bridgehead atoms. The van der Waals surface area contributed by atoms with E-state index in [1.807, 2.05) is 60.7 Å². The third-order valence-corrected chi connectivity index (χ3v) is 5.67. The smallest absolute Gasteiger partial charge is 0.142 e. The number of nitrogens with zero attached hydrogens (tertiary/aromatic N) is 2. The molecule has 1 heterocycles. The van der Waals surface area contributed by atoms with E-state index < -0.39 is 6.10 Å². The molecule has 7 heteroatoms. The lowest BCUT2D eigenvalue weighted by molar-refractivity contribution is 0.0665. The minimum atomic E-state index is -0.540. The first kappa shape index (κ1) is 26.8. The van der Waals surface area contributed by atoms with Gasteiger partial charge in [-0.3, -0.25) is 4.90 Å². The highest BCUT2D eigenvalue weighted by molar-refractivity contribution is 5.85. The number of benzene rings is 3. The van der Waals surface area contributed by atoms with Gasteiger partial charge in [0.1, 0.15) is 24.2 Å². The average molecular weight is 491 g/mol. The van der Waals surface area contributed by atoms with E-state index in [9.17, 15) is 5.11 Å². The predicted octanol–water partition coefficient (Wildman–Crippen LogP) is 4.77. The van der Waals surface area contributed by atoms with Crippen molar-refractivity contribution < 1.29 is 14.6 Å². The first-order valence-electron chi connectivity index (χ1n) is 10.8. The molecule has 1 aliphatic rings. The standard InChI is InChI=1S/C26H30N2O3.2ClH/c1-30-26-14-8-6-12-24(26)28-17-15-27(16-18-28)19-22(29)20-31-25-13-7-5-11-23(25)21-9-3-2-4-10-21;;/h2-14,22,29H,15-20H2,1H3;2*1H. The van der Waals surface area contributed by atoms with E-state index in [-0.39, 0.29) is 31.4 Å². The summed E-state index contributed by atoms with van der Waals surface area (Å²) < 4.78 is 11.5. The van der Waals surface area contributed by atoms with Crippen LogP contribution in [0.2, 0.25) is 0 Å². The molecular formula is C26H32Cl2N2O3. The van der Waals surface area contributed by atoms with Crippen LogP contribution in [0.15, 0.2) is 78.9 Å². The average Bonchev–Trinajstić information content (AvgIpc) is 2.84. The van der Waals surface area contributed by atoms with E-state index in [4.69, 9.17) is 9.47 Å². The van der Waals surface area contributed by atoms with Gasteiger partial charge < -0.3 is 19.5 Å². The van der Waals surface area contributed by atoms with Gasteiger partial charge in [-0.25, -0.2) is 0 Å². The van der Waals surface area contributed by atoms with Gasteiger partial charge in [0.2, 0.25) is 0 Å². The summed E-state index contributed by atoms with van der Waals surface area (Å²) in [5.41, 5.74) is 3.28. The second kappa shape index (κ2) is 13.3. The van der Waals surface area contributed by atoms with Gasteiger partial charge in [-0.05, 0) is 23.8 Å². The van der Waals surface area contributed by atoms with E-state index in [2.05, 4.69) is 28.0 Å². The second-order valence-corrected chi connectivity index (χ2v) is 7.79. The van der Waals surface area contributed by atoms with Crippen molar-refractivity contribution in [1.29, 1.82) is 0 Å². The number of hydrogen-bond donors (Lipinski definition) is 1. The number of anilines is 1. The molecule has 0 radical (unpaired) electrons. The maximum atomic E-state index is 10.6. The third kappa shape index (κ3) is 7.02. The first-order chi connectivity index (χ1) is 15.2. The Morgan fingerprint density at radius 2 is 1.39 bits per heavy atom. The van der Waals surface area contributed by atoms with Crippen LogP contribution in [0.4, 0.5) is 5.69 Å². The van der Waals surface area contributed by atoms with Crippen molar-refractivity contribution in [2.24, 2.45) is 0 Å². The molecule has 5 nitrogen and oxygen atoms in total. The third-order valence-electron chi connectivity index (χ3n) is 5.67. The summed E-state index contributed by atoms with van der Waals surface area (Å²) >= 11 is 0. The number of piperazine rings is 1. The fourth-order valence-corrected chi connectivity index (χ4v) is 4.05. The quantitative estimate of drug-likeness (QED) is 0.492. The molecule has 0 saturated carbocycles. The van der Waals surface area contributed by atoms with E-state index in [0.29, 0.717) is 6.54 Å². The SMILES string of the molecule is COc1ccccc1N1CCN(CC(O)COc2ccccc2-c2ccccc2)CC1.Cl.Cl. The van der Waals surface area contributed by atoms with E-state index in [0.717, 1.165) is 54.5 Å². The molecule has 1 unspecified atom stereocenters. The Morgan fingerprint density at radius 1 is 0.788 bits per heavy atom. The molecule has 33 heavy (non-hydrogen) atoms. The van der Waals surface area contributed by atoms with Gasteiger partial charge in [-0.15, -0.1) is 24.8 Å². The normalized spacial score (nSPS) is 14.5. The number of aliphatic hydroxyl groups excluding tert-OH is 1. The molecule has 1 atom stereocenters. The lowest BCUT2D eigenvalue weighted by Crippen LogP contribution is -2.49. The highest BCUT2D eigenvalue weighted by Gasteiger charge is 2.21. The Morgan fingerprint density at radius 3 is 2.09 bits per heavy atom. The zero-order valence-corrected chi connectivity index (χ0v) is 20.4. The molecule has 178 valence electrons. The fourth-order valence-electron chi connectivity index (χ4n) is 4.05. The van der Waals surface area contributed by atoms with Crippen LogP contribution in [-0.2, 0) is 0 Å². The predicted molar refractivity (Wildman–Crippen MR) is 140 cm³/mol. The zero-order chi connectivity index (χ0) is 21.5. The van der Waals surface area contributed by atoms with Crippen LogP contribution in [0, 0.1) is 0 Å². The fraction of sp³-hybridized carbons (Fsp3) is 0.308. The van der Waals surface area contributed by atoms with Crippen LogP contribution in [-0.4, -0.2) is 62.6 Å². The number of β-amino-alcohol motifs (C(OH)–C–C–N with tert-alkyl or cyclic N) is 1. The molecule has 0 spiro atoms. The molecule has 1 aliphatic heterocycles. The molecule has 4 rings (SSSR count). The minimum Gasteiger partial charge on any atom is -0.495 e. The monoisotopic (exact) mass is 490 g/mol. The number of methoxy groups -OCH3 is 1. The van der Waals surface area contributed by atoms with Crippen molar-refractivity contribution >= 4 is 30.5 Å². The van der Waals surface area contributed by atoms with Crippen molar-refractivity contribution in [2.75, 3.05) is 51.3 Å². The lowest BCUT2D eigenvalue weighted by Gasteiger charge is -2.37. The molecule has 0 aliphatic carbocycles. The molecule has 1 N–H and O–H groups in total. The van der Waals surface area contributed by atoms with E-state index in [1.54, 1.807) is 7.11 Å². The van der Waals surface area contributed by atoms with Crippen molar-refractivity contribution in [2.45, 2.75) is 6.10 Å². The molecule has 1 fully saturated rings. The number of rotatable bonds is 8. The summed E-state index contributed by atoms with van der Waals surface area (Å²) in [6.45, 7) is 4.49. The molecule has 1 saturated heterocycles. The molecule has 3 aromatic carbocycles. The largest absolute Gasteiger partial charge is 0.495 e. The molecule has 0 amide bonds. The number of halogens is 2. The maximum absolute atomic E-state index is 10.6. The van der Waals surface area contributed by atoms with Crippen molar-refractivity contribution in [3.05, 3.63) is 78.9 Å².